The lowest BCUT2D eigenvalue weighted by Gasteiger charge is -2.57. The molecule has 1 N–H and O–H groups in total. The number of methoxy groups -OCH3 is 1. The summed E-state index contributed by atoms with van der Waals surface area (Å²) >= 11 is 0. The first-order valence-electron chi connectivity index (χ1n) is 7.28. The Bertz CT molecular complexity index is 697. The molecule has 0 bridgehead atoms. The van der Waals surface area contributed by atoms with Gasteiger partial charge in [-0.15, -0.1) is 0 Å². The molecule has 1 aliphatic heterocycles. The van der Waals surface area contributed by atoms with E-state index in [1.807, 2.05) is 36.4 Å². The second-order valence-corrected chi connectivity index (χ2v) is 5.78. The normalized spacial score (nSPS) is 29.9. The smallest absolute Gasteiger partial charge is 0.230 e. The molecule has 106 valence electrons. The van der Waals surface area contributed by atoms with E-state index in [0.717, 1.165) is 17.7 Å². The zero-order valence-electron chi connectivity index (χ0n) is 11.9. The van der Waals surface area contributed by atoms with Crippen molar-refractivity contribution in [2.45, 2.75) is 17.9 Å². The van der Waals surface area contributed by atoms with Gasteiger partial charge in [0.2, 0.25) is 5.91 Å². The number of amides is 1. The SMILES string of the molecule is CO[C@@]12c3ccccc3NC(=O)[C@@H]1C[C@@H]2c1ccccc1. The predicted molar refractivity (Wildman–Crippen MR) is 81.0 cm³/mol. The number of hydrogen-bond donors (Lipinski definition) is 1. The molecule has 0 aromatic heterocycles. The van der Waals surface area contributed by atoms with Crippen LogP contribution in [0.4, 0.5) is 5.69 Å². The van der Waals surface area contributed by atoms with Crippen molar-refractivity contribution in [1.29, 1.82) is 0 Å². The molecule has 3 atom stereocenters. The quantitative estimate of drug-likeness (QED) is 0.916. The van der Waals surface area contributed by atoms with E-state index >= 15 is 0 Å². The molecule has 4 rings (SSSR count). The molecule has 21 heavy (non-hydrogen) atoms. The van der Waals surface area contributed by atoms with Crippen LogP contribution in [0.1, 0.15) is 23.5 Å². The van der Waals surface area contributed by atoms with Gasteiger partial charge >= 0.3 is 0 Å². The van der Waals surface area contributed by atoms with Crippen molar-refractivity contribution in [2.24, 2.45) is 5.92 Å². The molecule has 2 aromatic carbocycles. The van der Waals surface area contributed by atoms with Gasteiger partial charge in [0.25, 0.3) is 0 Å². The molecule has 2 aromatic rings. The van der Waals surface area contributed by atoms with Crippen LogP contribution in [-0.4, -0.2) is 13.0 Å². The number of ether oxygens (including phenoxy) is 1. The lowest BCUT2D eigenvalue weighted by atomic mass is 9.54. The van der Waals surface area contributed by atoms with E-state index in [-0.39, 0.29) is 17.7 Å². The van der Waals surface area contributed by atoms with E-state index in [0.29, 0.717) is 0 Å². The van der Waals surface area contributed by atoms with Gasteiger partial charge in [-0.05, 0) is 18.1 Å². The molecule has 1 fully saturated rings. The van der Waals surface area contributed by atoms with Crippen molar-refractivity contribution < 1.29 is 9.53 Å². The van der Waals surface area contributed by atoms with E-state index in [1.54, 1.807) is 7.11 Å². The average Bonchev–Trinajstić information content (AvgIpc) is 2.49. The van der Waals surface area contributed by atoms with Gasteiger partial charge in [0.1, 0.15) is 5.60 Å². The third kappa shape index (κ3) is 1.55. The van der Waals surface area contributed by atoms with Crippen LogP contribution in [0.25, 0.3) is 0 Å². The number of carbonyl (C=O) groups is 1. The fourth-order valence-corrected chi connectivity index (χ4v) is 3.96. The summed E-state index contributed by atoms with van der Waals surface area (Å²) in [5, 5.41) is 3.00. The van der Waals surface area contributed by atoms with Crippen LogP contribution in [0.3, 0.4) is 0 Å². The first-order chi connectivity index (χ1) is 10.3. The standard InChI is InChI=1S/C18H17NO2/c1-21-18-13-9-5-6-10-16(13)19-17(20)15(18)11-14(18)12-7-3-2-4-8-12/h2-10,14-15H,11H2,1H3,(H,19,20)/t14-,15+,18-/m1/s1. The van der Waals surface area contributed by atoms with E-state index < -0.39 is 5.60 Å². The maximum atomic E-state index is 12.4. The molecule has 3 heteroatoms. The highest BCUT2D eigenvalue weighted by Crippen LogP contribution is 2.62. The number of fused-ring (bicyclic) bond motifs is 3. The lowest BCUT2D eigenvalue weighted by Crippen LogP contribution is -2.59. The zero-order chi connectivity index (χ0) is 14.4. The first-order valence-corrected chi connectivity index (χ1v) is 7.28. The third-order valence-electron chi connectivity index (χ3n) is 4.97. The van der Waals surface area contributed by atoms with Gasteiger partial charge in [-0.2, -0.15) is 0 Å². The molecule has 0 spiro atoms. The van der Waals surface area contributed by atoms with Gasteiger partial charge in [-0.3, -0.25) is 4.79 Å². The lowest BCUT2D eigenvalue weighted by molar-refractivity contribution is -0.170. The molecule has 1 amide bonds. The summed E-state index contributed by atoms with van der Waals surface area (Å²) in [5.74, 6) is 0.186. The minimum Gasteiger partial charge on any atom is -0.372 e. The Hall–Kier alpha value is -2.13. The Morgan fingerprint density at radius 1 is 1.05 bits per heavy atom. The molecule has 0 unspecified atom stereocenters. The highest BCUT2D eigenvalue weighted by molar-refractivity contribution is 5.98. The molecular formula is C18H17NO2. The third-order valence-corrected chi connectivity index (χ3v) is 4.97. The van der Waals surface area contributed by atoms with Crippen molar-refractivity contribution in [3.63, 3.8) is 0 Å². The van der Waals surface area contributed by atoms with Crippen LogP contribution in [0.5, 0.6) is 0 Å². The molecule has 1 saturated carbocycles. The minimum absolute atomic E-state index is 0.0720. The largest absolute Gasteiger partial charge is 0.372 e. The predicted octanol–water partition coefficient (Wildman–Crippen LogP) is 3.28. The number of hydrogen-bond acceptors (Lipinski definition) is 2. The van der Waals surface area contributed by atoms with Crippen LogP contribution in [0.15, 0.2) is 54.6 Å². The van der Waals surface area contributed by atoms with E-state index in [9.17, 15) is 4.79 Å². The van der Waals surface area contributed by atoms with E-state index in [1.165, 1.54) is 5.56 Å². The number of carbonyl (C=O) groups excluding carboxylic acids is 1. The molecule has 0 radical (unpaired) electrons. The van der Waals surface area contributed by atoms with Gasteiger partial charge in [0.15, 0.2) is 0 Å². The van der Waals surface area contributed by atoms with Crippen molar-refractivity contribution in [1.82, 2.24) is 0 Å². The van der Waals surface area contributed by atoms with Gasteiger partial charge in [0.05, 0.1) is 5.92 Å². The number of nitrogens with one attached hydrogen (secondary N) is 1. The van der Waals surface area contributed by atoms with Crippen molar-refractivity contribution >= 4 is 11.6 Å². The number of para-hydroxylation sites is 1. The minimum atomic E-state index is -0.527. The Labute approximate surface area is 123 Å². The summed E-state index contributed by atoms with van der Waals surface area (Å²) in [7, 11) is 1.72. The fraction of sp³-hybridized carbons (Fsp3) is 0.278. The van der Waals surface area contributed by atoms with Crippen LogP contribution >= 0.6 is 0 Å². The maximum Gasteiger partial charge on any atom is 0.230 e. The van der Waals surface area contributed by atoms with E-state index in [4.69, 9.17) is 4.74 Å². The number of rotatable bonds is 2. The highest BCUT2D eigenvalue weighted by atomic mass is 16.5. The second kappa shape index (κ2) is 4.43. The highest BCUT2D eigenvalue weighted by Gasteiger charge is 2.62. The average molecular weight is 279 g/mol. The van der Waals surface area contributed by atoms with E-state index in [2.05, 4.69) is 23.5 Å². The number of benzene rings is 2. The summed E-state index contributed by atoms with van der Waals surface area (Å²) in [5.41, 5.74) is 2.68. The molecule has 1 aliphatic carbocycles. The fourth-order valence-electron chi connectivity index (χ4n) is 3.96. The molecule has 1 heterocycles. The second-order valence-electron chi connectivity index (χ2n) is 5.78. The van der Waals surface area contributed by atoms with Gasteiger partial charge in [0, 0.05) is 24.3 Å². The number of anilines is 1. The van der Waals surface area contributed by atoms with Crippen LogP contribution in [0.2, 0.25) is 0 Å². The molecular weight excluding hydrogens is 262 g/mol. The first kappa shape index (κ1) is 12.6. The Kier molecular flexibility index (Phi) is 2.66. The Balaban J connectivity index is 1.88. The monoisotopic (exact) mass is 279 g/mol. The summed E-state index contributed by atoms with van der Waals surface area (Å²) in [6.45, 7) is 0. The van der Waals surface area contributed by atoms with Crippen molar-refractivity contribution in [3.05, 3.63) is 65.7 Å². The van der Waals surface area contributed by atoms with Crippen molar-refractivity contribution in [2.75, 3.05) is 12.4 Å². The Morgan fingerprint density at radius 2 is 1.76 bits per heavy atom. The van der Waals surface area contributed by atoms with Gasteiger partial charge in [-0.25, -0.2) is 0 Å². The summed E-state index contributed by atoms with van der Waals surface area (Å²) in [6.07, 6.45) is 0.831. The summed E-state index contributed by atoms with van der Waals surface area (Å²) in [4.78, 5) is 12.4. The Morgan fingerprint density at radius 3 is 2.52 bits per heavy atom. The molecule has 0 saturated heterocycles. The topological polar surface area (TPSA) is 38.3 Å². The zero-order valence-corrected chi connectivity index (χ0v) is 11.9. The summed E-state index contributed by atoms with van der Waals surface area (Å²) < 4.78 is 5.98. The van der Waals surface area contributed by atoms with Crippen LogP contribution in [0, 0.1) is 5.92 Å². The molecule has 2 aliphatic rings. The van der Waals surface area contributed by atoms with Crippen LogP contribution in [-0.2, 0) is 15.1 Å². The maximum absolute atomic E-state index is 12.4. The van der Waals surface area contributed by atoms with Gasteiger partial charge in [-0.1, -0.05) is 48.5 Å². The molecule has 3 nitrogen and oxygen atoms in total. The van der Waals surface area contributed by atoms with Crippen molar-refractivity contribution in [3.8, 4) is 0 Å². The van der Waals surface area contributed by atoms with Crippen LogP contribution < -0.4 is 5.32 Å². The van der Waals surface area contributed by atoms with Gasteiger partial charge < -0.3 is 10.1 Å². The summed E-state index contributed by atoms with van der Waals surface area (Å²) in [6, 6.07) is 18.3.